The number of rotatable bonds is 8. The second kappa shape index (κ2) is 9.51. The molecule has 3 aromatic heterocycles. The molecule has 5 rings (SSSR count). The van der Waals surface area contributed by atoms with Crippen molar-refractivity contribution < 1.29 is 13.9 Å². The number of thiazole rings is 1. The lowest BCUT2D eigenvalue weighted by atomic mass is 10.2. The molecule has 0 saturated carbocycles. The smallest absolute Gasteiger partial charge is 0.248 e. The number of thiophene rings is 1. The zero-order valence-electron chi connectivity index (χ0n) is 17.8. The van der Waals surface area contributed by atoms with Crippen molar-refractivity contribution in [2.75, 3.05) is 12.0 Å². The highest BCUT2D eigenvalue weighted by Gasteiger charge is 2.21. The van der Waals surface area contributed by atoms with Gasteiger partial charge >= 0.3 is 0 Å². The van der Waals surface area contributed by atoms with E-state index in [2.05, 4.69) is 10.2 Å². The lowest BCUT2D eigenvalue weighted by Crippen LogP contribution is -2.30. The number of methoxy groups -OCH3 is 1. The molecule has 0 fully saturated rings. The first-order valence-corrected chi connectivity index (χ1v) is 12.1. The lowest BCUT2D eigenvalue weighted by Gasteiger charge is -2.19. The number of benzene rings is 2. The SMILES string of the molecule is COc1ccc2nc(N(Cc3ccccc3)C(=O)CCc3nnc(-c4ccsc4)o3)sc2c1. The summed E-state index contributed by atoms with van der Waals surface area (Å²) < 4.78 is 12.0. The molecule has 0 aliphatic heterocycles. The van der Waals surface area contributed by atoms with E-state index in [1.54, 1.807) is 23.3 Å². The van der Waals surface area contributed by atoms with Crippen LogP contribution >= 0.6 is 22.7 Å². The second-order valence-electron chi connectivity index (χ2n) is 7.31. The van der Waals surface area contributed by atoms with Crippen molar-refractivity contribution in [3.8, 4) is 17.2 Å². The molecule has 0 aliphatic rings. The van der Waals surface area contributed by atoms with Crippen LogP contribution in [0.15, 0.2) is 69.8 Å². The van der Waals surface area contributed by atoms with Gasteiger partial charge in [0.25, 0.3) is 0 Å². The molecule has 0 aliphatic carbocycles. The quantitative estimate of drug-likeness (QED) is 0.291. The summed E-state index contributed by atoms with van der Waals surface area (Å²) in [7, 11) is 1.63. The van der Waals surface area contributed by atoms with Gasteiger partial charge in [-0.3, -0.25) is 9.69 Å². The Morgan fingerprint density at radius 3 is 2.79 bits per heavy atom. The van der Waals surface area contributed by atoms with Gasteiger partial charge in [0.2, 0.25) is 17.7 Å². The number of nitrogens with zero attached hydrogens (tertiary/aromatic N) is 4. The van der Waals surface area contributed by atoms with Crippen molar-refractivity contribution in [3.63, 3.8) is 0 Å². The highest BCUT2D eigenvalue weighted by Crippen LogP contribution is 2.32. The number of fused-ring (bicyclic) bond motifs is 1. The van der Waals surface area contributed by atoms with E-state index in [9.17, 15) is 4.79 Å². The minimum Gasteiger partial charge on any atom is -0.497 e. The van der Waals surface area contributed by atoms with Crippen LogP contribution in [0.5, 0.6) is 5.75 Å². The van der Waals surface area contributed by atoms with Crippen molar-refractivity contribution in [1.82, 2.24) is 15.2 Å². The topological polar surface area (TPSA) is 81.4 Å². The van der Waals surface area contributed by atoms with E-state index < -0.39 is 0 Å². The number of amides is 1. The third-order valence-electron chi connectivity index (χ3n) is 5.09. The van der Waals surface area contributed by atoms with Gasteiger partial charge in [-0.25, -0.2) is 4.98 Å². The first-order chi connectivity index (χ1) is 16.2. The standard InChI is InChI=1S/C24H20N4O3S2/c1-30-18-7-8-19-20(13-18)33-24(25-19)28(14-16-5-3-2-4-6-16)22(29)10-9-21-26-27-23(31-21)17-11-12-32-15-17/h2-8,11-13,15H,9-10,14H2,1H3. The Morgan fingerprint density at radius 1 is 1.12 bits per heavy atom. The molecule has 33 heavy (non-hydrogen) atoms. The number of anilines is 1. The summed E-state index contributed by atoms with van der Waals surface area (Å²) in [5, 5.41) is 12.8. The number of hydrogen-bond donors (Lipinski definition) is 0. The zero-order chi connectivity index (χ0) is 22.6. The fourth-order valence-electron chi connectivity index (χ4n) is 3.37. The molecule has 0 bridgehead atoms. The van der Waals surface area contributed by atoms with E-state index in [0.29, 0.717) is 29.9 Å². The lowest BCUT2D eigenvalue weighted by molar-refractivity contribution is -0.118. The summed E-state index contributed by atoms with van der Waals surface area (Å²) in [6.45, 7) is 0.431. The molecular weight excluding hydrogens is 456 g/mol. The van der Waals surface area contributed by atoms with Crippen LogP contribution in [-0.2, 0) is 17.8 Å². The molecule has 0 atom stereocenters. The molecule has 0 radical (unpaired) electrons. The van der Waals surface area contributed by atoms with E-state index in [1.165, 1.54) is 11.3 Å². The highest BCUT2D eigenvalue weighted by atomic mass is 32.1. The van der Waals surface area contributed by atoms with Crippen LogP contribution < -0.4 is 9.64 Å². The van der Waals surface area contributed by atoms with Crippen LogP contribution in [0, 0.1) is 0 Å². The van der Waals surface area contributed by atoms with Crippen LogP contribution in [0.4, 0.5) is 5.13 Å². The molecule has 5 aromatic rings. The summed E-state index contributed by atoms with van der Waals surface area (Å²) in [6.07, 6.45) is 0.595. The summed E-state index contributed by atoms with van der Waals surface area (Å²) in [6, 6.07) is 17.5. The van der Waals surface area contributed by atoms with Gasteiger partial charge in [0, 0.05) is 23.8 Å². The maximum Gasteiger partial charge on any atom is 0.248 e. The molecule has 1 amide bonds. The predicted molar refractivity (Wildman–Crippen MR) is 130 cm³/mol. The maximum atomic E-state index is 13.3. The number of ether oxygens (including phenoxy) is 1. The van der Waals surface area contributed by atoms with Crippen LogP contribution in [-0.4, -0.2) is 28.2 Å². The fraction of sp³-hybridized carbons (Fsp3) is 0.167. The zero-order valence-corrected chi connectivity index (χ0v) is 19.4. The number of aromatic nitrogens is 3. The summed E-state index contributed by atoms with van der Waals surface area (Å²) >= 11 is 3.04. The third-order valence-corrected chi connectivity index (χ3v) is 6.81. The van der Waals surface area contributed by atoms with Crippen molar-refractivity contribution >= 4 is 43.9 Å². The maximum absolute atomic E-state index is 13.3. The molecule has 2 aromatic carbocycles. The van der Waals surface area contributed by atoms with Crippen LogP contribution in [0.1, 0.15) is 17.9 Å². The van der Waals surface area contributed by atoms with Gasteiger partial charge in [0.05, 0.1) is 23.9 Å². The molecule has 166 valence electrons. The van der Waals surface area contributed by atoms with Crippen molar-refractivity contribution in [2.45, 2.75) is 19.4 Å². The monoisotopic (exact) mass is 476 g/mol. The van der Waals surface area contributed by atoms with Crippen molar-refractivity contribution in [3.05, 3.63) is 76.8 Å². The van der Waals surface area contributed by atoms with Gasteiger partial charge in [-0.2, -0.15) is 11.3 Å². The number of carbonyl (C=O) groups is 1. The molecule has 9 heteroatoms. The van der Waals surface area contributed by atoms with Gasteiger partial charge in [-0.15, -0.1) is 10.2 Å². The second-order valence-corrected chi connectivity index (χ2v) is 9.10. The average Bonchev–Trinajstić information content (AvgIpc) is 3.61. The Balaban J connectivity index is 1.37. The third kappa shape index (κ3) is 4.79. The van der Waals surface area contributed by atoms with Crippen LogP contribution in [0.25, 0.3) is 21.7 Å². The molecule has 0 saturated heterocycles. The Kier molecular flexibility index (Phi) is 6.14. The van der Waals surface area contributed by atoms with Crippen LogP contribution in [0.2, 0.25) is 0 Å². The molecular formula is C24H20N4O3S2. The van der Waals surface area contributed by atoms with Gasteiger partial charge in [-0.05, 0) is 35.2 Å². The Bertz CT molecular complexity index is 1360. The minimum atomic E-state index is -0.0554. The summed E-state index contributed by atoms with van der Waals surface area (Å²) in [5.74, 6) is 1.62. The van der Waals surface area contributed by atoms with Gasteiger partial charge < -0.3 is 9.15 Å². The van der Waals surface area contributed by atoms with Gasteiger partial charge in [-0.1, -0.05) is 41.7 Å². The van der Waals surface area contributed by atoms with E-state index in [4.69, 9.17) is 14.1 Å². The largest absolute Gasteiger partial charge is 0.497 e. The highest BCUT2D eigenvalue weighted by molar-refractivity contribution is 7.22. The Hall–Kier alpha value is -3.56. The summed E-state index contributed by atoms with van der Waals surface area (Å²) in [4.78, 5) is 19.8. The molecule has 0 N–H and O–H groups in total. The predicted octanol–water partition coefficient (Wildman–Crippen LogP) is 5.58. The molecule has 0 spiro atoms. The molecule has 0 unspecified atom stereocenters. The minimum absolute atomic E-state index is 0.0554. The average molecular weight is 477 g/mol. The van der Waals surface area contributed by atoms with E-state index in [0.717, 1.165) is 27.1 Å². The van der Waals surface area contributed by atoms with Gasteiger partial charge in [0.1, 0.15) is 5.75 Å². The van der Waals surface area contributed by atoms with E-state index in [-0.39, 0.29) is 12.3 Å². The number of hydrogen-bond acceptors (Lipinski definition) is 8. The fourth-order valence-corrected chi connectivity index (χ4v) is 5.01. The first kappa shape index (κ1) is 21.3. The number of carbonyl (C=O) groups excluding carboxylic acids is 1. The van der Waals surface area contributed by atoms with Crippen molar-refractivity contribution in [2.24, 2.45) is 0 Å². The van der Waals surface area contributed by atoms with E-state index >= 15 is 0 Å². The first-order valence-electron chi connectivity index (χ1n) is 10.3. The Morgan fingerprint density at radius 2 is 2.00 bits per heavy atom. The summed E-state index contributed by atoms with van der Waals surface area (Å²) in [5.41, 5.74) is 2.75. The Labute approximate surface area is 198 Å². The normalized spacial score (nSPS) is 11.1. The van der Waals surface area contributed by atoms with E-state index in [1.807, 2.05) is 65.4 Å². The van der Waals surface area contributed by atoms with Crippen molar-refractivity contribution in [1.29, 1.82) is 0 Å². The number of aryl methyl sites for hydroxylation is 1. The van der Waals surface area contributed by atoms with Gasteiger partial charge in [0.15, 0.2) is 5.13 Å². The molecule has 7 nitrogen and oxygen atoms in total. The molecule has 3 heterocycles. The van der Waals surface area contributed by atoms with Crippen LogP contribution in [0.3, 0.4) is 0 Å².